The Balaban J connectivity index is 1.75. The van der Waals surface area contributed by atoms with Crippen molar-refractivity contribution in [2.24, 2.45) is 5.14 Å². The SMILES string of the molecule is NS(=O)(=O)c1ccc(CNC(=O)[C@@H](Cc2ccccc2)NS(=O)(=O)c2ccccc2)cc1. The van der Waals surface area contributed by atoms with Crippen molar-refractivity contribution < 1.29 is 21.6 Å². The first kappa shape index (κ1) is 23.6. The molecule has 0 bridgehead atoms. The zero-order chi connectivity index (χ0) is 23.2. The lowest BCUT2D eigenvalue weighted by molar-refractivity contribution is -0.122. The average Bonchev–Trinajstić information content (AvgIpc) is 2.78. The van der Waals surface area contributed by atoms with Crippen LogP contribution in [0.25, 0.3) is 0 Å². The topological polar surface area (TPSA) is 135 Å². The third kappa shape index (κ3) is 6.47. The molecule has 0 aromatic heterocycles. The van der Waals surface area contributed by atoms with Crippen molar-refractivity contribution >= 4 is 26.0 Å². The van der Waals surface area contributed by atoms with E-state index in [9.17, 15) is 21.6 Å². The predicted molar refractivity (Wildman–Crippen MR) is 120 cm³/mol. The zero-order valence-corrected chi connectivity index (χ0v) is 18.6. The van der Waals surface area contributed by atoms with Gasteiger partial charge in [-0.1, -0.05) is 60.7 Å². The van der Waals surface area contributed by atoms with Gasteiger partial charge in [-0.05, 0) is 41.8 Å². The molecule has 0 spiro atoms. The zero-order valence-electron chi connectivity index (χ0n) is 17.0. The van der Waals surface area contributed by atoms with Crippen molar-refractivity contribution in [2.45, 2.75) is 28.8 Å². The molecule has 0 saturated heterocycles. The summed E-state index contributed by atoms with van der Waals surface area (Å²) in [5.41, 5.74) is 1.43. The molecule has 3 aromatic carbocycles. The number of hydrogen-bond acceptors (Lipinski definition) is 5. The summed E-state index contributed by atoms with van der Waals surface area (Å²) < 4.78 is 50.8. The van der Waals surface area contributed by atoms with Gasteiger partial charge in [0.25, 0.3) is 0 Å². The Morgan fingerprint density at radius 3 is 1.88 bits per heavy atom. The standard InChI is InChI=1S/C22H23N3O5S2/c23-31(27,28)19-13-11-18(12-14-19)16-24-22(26)21(15-17-7-3-1-4-8-17)25-32(29,30)20-9-5-2-6-10-20/h1-14,21,25H,15-16H2,(H,24,26)(H2,23,27,28)/t21-/m1/s1. The van der Waals surface area contributed by atoms with Gasteiger partial charge in [-0.2, -0.15) is 4.72 Å². The number of nitrogens with one attached hydrogen (secondary N) is 2. The van der Waals surface area contributed by atoms with Gasteiger partial charge in [0.2, 0.25) is 26.0 Å². The highest BCUT2D eigenvalue weighted by molar-refractivity contribution is 7.89. The maximum Gasteiger partial charge on any atom is 0.241 e. The Labute approximate surface area is 187 Å². The molecule has 4 N–H and O–H groups in total. The molecule has 1 amide bonds. The lowest BCUT2D eigenvalue weighted by atomic mass is 10.1. The lowest BCUT2D eigenvalue weighted by Crippen LogP contribution is -2.47. The summed E-state index contributed by atoms with van der Waals surface area (Å²) >= 11 is 0. The number of carbonyl (C=O) groups is 1. The Kier molecular flexibility index (Phi) is 7.41. The molecule has 1 atom stereocenters. The number of sulfonamides is 2. The van der Waals surface area contributed by atoms with E-state index in [0.717, 1.165) is 5.56 Å². The number of hydrogen-bond donors (Lipinski definition) is 3. The van der Waals surface area contributed by atoms with Gasteiger partial charge in [0.05, 0.1) is 9.79 Å². The molecular weight excluding hydrogens is 450 g/mol. The maximum absolute atomic E-state index is 12.9. The van der Waals surface area contributed by atoms with Gasteiger partial charge >= 0.3 is 0 Å². The average molecular weight is 474 g/mol. The van der Waals surface area contributed by atoms with Crippen LogP contribution >= 0.6 is 0 Å². The van der Waals surface area contributed by atoms with Crippen LogP contribution in [0.1, 0.15) is 11.1 Å². The normalized spacial score (nSPS) is 12.8. The van der Waals surface area contributed by atoms with Crippen molar-refractivity contribution in [1.82, 2.24) is 10.0 Å². The first-order valence-corrected chi connectivity index (χ1v) is 12.7. The van der Waals surface area contributed by atoms with Crippen LogP contribution < -0.4 is 15.2 Å². The van der Waals surface area contributed by atoms with Crippen LogP contribution in [-0.4, -0.2) is 28.8 Å². The quantitative estimate of drug-likeness (QED) is 0.433. The first-order valence-electron chi connectivity index (χ1n) is 9.66. The van der Waals surface area contributed by atoms with E-state index in [1.165, 1.54) is 36.4 Å². The van der Waals surface area contributed by atoms with Crippen molar-refractivity contribution in [3.63, 3.8) is 0 Å². The molecular formula is C22H23N3O5S2. The third-order valence-corrected chi connectivity index (χ3v) is 7.09. The Bertz CT molecular complexity index is 1260. The van der Waals surface area contributed by atoms with Crippen molar-refractivity contribution in [1.29, 1.82) is 0 Å². The molecule has 0 aliphatic heterocycles. The molecule has 0 radical (unpaired) electrons. The minimum atomic E-state index is -3.92. The maximum atomic E-state index is 12.9. The number of rotatable bonds is 9. The van der Waals surface area contributed by atoms with Crippen LogP contribution in [0.3, 0.4) is 0 Å². The molecule has 0 fully saturated rings. The highest BCUT2D eigenvalue weighted by atomic mass is 32.2. The van der Waals surface area contributed by atoms with Gasteiger partial charge in [0.1, 0.15) is 6.04 Å². The van der Waals surface area contributed by atoms with Crippen LogP contribution in [0.2, 0.25) is 0 Å². The van der Waals surface area contributed by atoms with Crippen LogP contribution in [0.5, 0.6) is 0 Å². The Morgan fingerprint density at radius 1 is 0.750 bits per heavy atom. The number of nitrogens with two attached hydrogens (primary N) is 1. The van der Waals surface area contributed by atoms with E-state index >= 15 is 0 Å². The summed E-state index contributed by atoms with van der Waals surface area (Å²) in [5.74, 6) is -0.510. The largest absolute Gasteiger partial charge is 0.351 e. The molecule has 10 heteroatoms. The molecule has 3 aromatic rings. The highest BCUT2D eigenvalue weighted by Gasteiger charge is 2.26. The van der Waals surface area contributed by atoms with Gasteiger partial charge in [0.15, 0.2) is 0 Å². The number of primary sulfonamides is 1. The fourth-order valence-corrected chi connectivity index (χ4v) is 4.73. The van der Waals surface area contributed by atoms with Gasteiger partial charge in [0, 0.05) is 6.54 Å². The lowest BCUT2D eigenvalue weighted by Gasteiger charge is -2.19. The second-order valence-electron chi connectivity index (χ2n) is 7.08. The van der Waals surface area contributed by atoms with Crippen LogP contribution in [-0.2, 0) is 37.8 Å². The smallest absolute Gasteiger partial charge is 0.241 e. The van der Waals surface area contributed by atoms with Crippen molar-refractivity contribution in [3.8, 4) is 0 Å². The third-order valence-electron chi connectivity index (χ3n) is 4.67. The molecule has 0 aliphatic rings. The summed E-state index contributed by atoms with van der Waals surface area (Å²) in [7, 11) is -7.73. The van der Waals surface area contributed by atoms with Crippen LogP contribution in [0, 0.1) is 0 Å². The van der Waals surface area contributed by atoms with E-state index < -0.39 is 32.0 Å². The Hall–Kier alpha value is -3.05. The van der Waals surface area contributed by atoms with Crippen molar-refractivity contribution in [3.05, 3.63) is 96.1 Å². The summed E-state index contributed by atoms with van der Waals surface area (Å²) in [5, 5.41) is 7.79. The summed E-state index contributed by atoms with van der Waals surface area (Å²) in [6.45, 7) is 0.0854. The highest BCUT2D eigenvalue weighted by Crippen LogP contribution is 2.12. The minimum Gasteiger partial charge on any atom is -0.351 e. The monoisotopic (exact) mass is 473 g/mol. The van der Waals surface area contributed by atoms with Gasteiger partial charge < -0.3 is 5.32 Å². The molecule has 0 saturated carbocycles. The van der Waals surface area contributed by atoms with Gasteiger partial charge in [-0.25, -0.2) is 22.0 Å². The second kappa shape index (κ2) is 10.0. The van der Waals surface area contributed by atoms with Crippen LogP contribution in [0.4, 0.5) is 0 Å². The second-order valence-corrected chi connectivity index (χ2v) is 10.4. The van der Waals surface area contributed by atoms with E-state index in [1.54, 1.807) is 18.2 Å². The first-order chi connectivity index (χ1) is 15.1. The number of benzene rings is 3. The molecule has 168 valence electrons. The molecule has 3 rings (SSSR count). The van der Waals surface area contributed by atoms with Gasteiger partial charge in [-0.3, -0.25) is 4.79 Å². The number of amides is 1. The Morgan fingerprint density at radius 2 is 1.31 bits per heavy atom. The molecule has 0 heterocycles. The van der Waals surface area contributed by atoms with Crippen molar-refractivity contribution in [2.75, 3.05) is 0 Å². The fourth-order valence-electron chi connectivity index (χ4n) is 3.00. The van der Waals surface area contributed by atoms with E-state index in [2.05, 4.69) is 10.0 Å². The van der Waals surface area contributed by atoms with E-state index in [0.29, 0.717) is 5.56 Å². The predicted octanol–water partition coefficient (Wildman–Crippen LogP) is 1.54. The fraction of sp³-hybridized carbons (Fsp3) is 0.136. The van der Waals surface area contributed by atoms with E-state index in [1.807, 2.05) is 30.3 Å². The summed E-state index contributed by atoms with van der Waals surface area (Å²) in [6, 6.07) is 21.6. The van der Waals surface area contributed by atoms with E-state index in [4.69, 9.17) is 5.14 Å². The molecule has 32 heavy (non-hydrogen) atoms. The molecule has 8 nitrogen and oxygen atoms in total. The van der Waals surface area contributed by atoms with Gasteiger partial charge in [-0.15, -0.1) is 0 Å². The summed E-state index contributed by atoms with van der Waals surface area (Å²) in [4.78, 5) is 12.9. The molecule has 0 aliphatic carbocycles. The van der Waals surface area contributed by atoms with Crippen LogP contribution in [0.15, 0.2) is 94.7 Å². The molecule has 0 unspecified atom stereocenters. The number of carbonyl (C=O) groups excluding carboxylic acids is 1. The van der Waals surface area contributed by atoms with E-state index in [-0.39, 0.29) is 22.8 Å². The minimum absolute atomic E-state index is 0.0369. The summed E-state index contributed by atoms with van der Waals surface area (Å²) in [6.07, 6.45) is 0.156.